The molecular weight excluding hydrogens is 274 g/mol. The van der Waals surface area contributed by atoms with Crippen LogP contribution in [0, 0.1) is 0 Å². The largest absolute Gasteiger partial charge is 0.421 e. The molecule has 0 radical (unpaired) electrons. The van der Waals surface area contributed by atoms with Crippen LogP contribution in [0.2, 0.25) is 0 Å². The molecule has 0 atom stereocenters. The SMILES string of the molecule is O=C(c1ccccc1)c1ccc2c(=O)n(O)c(=O)[nH]c2n1. The summed E-state index contributed by atoms with van der Waals surface area (Å²) in [4.78, 5) is 41.5. The molecule has 7 nitrogen and oxygen atoms in total. The van der Waals surface area contributed by atoms with Gasteiger partial charge in [0, 0.05) is 5.56 Å². The summed E-state index contributed by atoms with van der Waals surface area (Å²) >= 11 is 0. The molecule has 2 aromatic heterocycles. The van der Waals surface area contributed by atoms with Crippen LogP contribution in [0.25, 0.3) is 11.0 Å². The van der Waals surface area contributed by atoms with Crippen LogP contribution < -0.4 is 11.2 Å². The Hall–Kier alpha value is -3.22. The predicted octanol–water partition coefficient (Wildman–Crippen LogP) is 0.553. The van der Waals surface area contributed by atoms with E-state index in [1.54, 1.807) is 30.3 Å². The summed E-state index contributed by atoms with van der Waals surface area (Å²) < 4.78 is -0.0390. The molecule has 104 valence electrons. The van der Waals surface area contributed by atoms with Crippen molar-refractivity contribution in [2.24, 2.45) is 0 Å². The lowest BCUT2D eigenvalue weighted by atomic mass is 10.1. The van der Waals surface area contributed by atoms with Gasteiger partial charge in [0.05, 0.1) is 5.39 Å². The molecule has 3 rings (SSSR count). The summed E-state index contributed by atoms with van der Waals surface area (Å²) in [5.74, 6) is -0.327. The maximum Gasteiger partial charge on any atom is 0.363 e. The lowest BCUT2D eigenvalue weighted by molar-refractivity contribution is 0.103. The number of fused-ring (bicyclic) bond motifs is 1. The van der Waals surface area contributed by atoms with Crippen molar-refractivity contribution in [3.05, 3.63) is 74.6 Å². The Bertz CT molecular complexity index is 957. The monoisotopic (exact) mass is 283 g/mol. The van der Waals surface area contributed by atoms with Gasteiger partial charge in [-0.25, -0.2) is 9.78 Å². The number of pyridine rings is 1. The zero-order valence-electron chi connectivity index (χ0n) is 10.6. The number of carbonyl (C=O) groups is 1. The van der Waals surface area contributed by atoms with Crippen molar-refractivity contribution < 1.29 is 10.0 Å². The average molecular weight is 283 g/mol. The van der Waals surface area contributed by atoms with E-state index >= 15 is 0 Å². The van der Waals surface area contributed by atoms with Crippen molar-refractivity contribution in [2.45, 2.75) is 0 Å². The molecule has 0 unspecified atom stereocenters. The van der Waals surface area contributed by atoms with Crippen molar-refractivity contribution in [3.8, 4) is 0 Å². The number of aromatic amines is 1. The third-order valence-corrected chi connectivity index (χ3v) is 3.00. The van der Waals surface area contributed by atoms with Crippen molar-refractivity contribution in [1.29, 1.82) is 0 Å². The quantitative estimate of drug-likeness (QED) is 0.528. The van der Waals surface area contributed by atoms with E-state index in [1.165, 1.54) is 12.1 Å². The Labute approximate surface area is 117 Å². The van der Waals surface area contributed by atoms with Gasteiger partial charge in [0.2, 0.25) is 5.78 Å². The highest BCUT2D eigenvalue weighted by atomic mass is 16.5. The van der Waals surface area contributed by atoms with Crippen LogP contribution in [0.15, 0.2) is 52.1 Å². The molecule has 0 aliphatic heterocycles. The number of H-pyrrole nitrogens is 1. The number of nitrogens with zero attached hydrogens (tertiary/aromatic N) is 2. The minimum Gasteiger partial charge on any atom is -0.421 e. The first-order valence-electron chi connectivity index (χ1n) is 6.03. The number of aromatic nitrogens is 3. The number of benzene rings is 1. The summed E-state index contributed by atoms with van der Waals surface area (Å²) in [5, 5.41) is 9.24. The second kappa shape index (κ2) is 4.71. The molecule has 0 amide bonds. The molecule has 2 N–H and O–H groups in total. The number of hydrogen-bond donors (Lipinski definition) is 2. The first-order chi connectivity index (χ1) is 10.1. The van der Waals surface area contributed by atoms with E-state index in [-0.39, 0.29) is 27.2 Å². The summed E-state index contributed by atoms with van der Waals surface area (Å²) in [6.07, 6.45) is 0. The van der Waals surface area contributed by atoms with Gasteiger partial charge in [-0.3, -0.25) is 14.6 Å². The van der Waals surface area contributed by atoms with Gasteiger partial charge >= 0.3 is 5.69 Å². The molecule has 0 saturated heterocycles. The Balaban J connectivity index is 2.19. The number of nitrogens with one attached hydrogen (secondary N) is 1. The summed E-state index contributed by atoms with van der Waals surface area (Å²) in [6.45, 7) is 0. The highest BCUT2D eigenvalue weighted by Gasteiger charge is 2.13. The molecule has 0 spiro atoms. The van der Waals surface area contributed by atoms with Crippen LogP contribution in [0.3, 0.4) is 0 Å². The van der Waals surface area contributed by atoms with Crippen LogP contribution in [0.5, 0.6) is 0 Å². The first kappa shape index (κ1) is 12.8. The molecule has 21 heavy (non-hydrogen) atoms. The number of hydrogen-bond acceptors (Lipinski definition) is 5. The normalized spacial score (nSPS) is 10.7. The lowest BCUT2D eigenvalue weighted by Crippen LogP contribution is -2.33. The van der Waals surface area contributed by atoms with Gasteiger partial charge in [0.1, 0.15) is 11.3 Å². The standard InChI is InChI=1S/C14H9N3O4/c18-11(8-4-2-1-3-5-8)10-7-6-9-12(15-10)16-14(20)17(21)13(9)19/h1-7,21H,(H,15,16,20). The average Bonchev–Trinajstić information content (AvgIpc) is 2.52. The summed E-state index contributed by atoms with van der Waals surface area (Å²) in [7, 11) is 0. The van der Waals surface area contributed by atoms with Gasteiger partial charge in [-0.05, 0) is 12.1 Å². The van der Waals surface area contributed by atoms with Crippen molar-refractivity contribution >= 4 is 16.8 Å². The molecule has 3 aromatic rings. The molecule has 2 heterocycles. The fraction of sp³-hybridized carbons (Fsp3) is 0. The molecule has 0 aliphatic rings. The smallest absolute Gasteiger partial charge is 0.363 e. The first-order valence-corrected chi connectivity index (χ1v) is 6.03. The fourth-order valence-electron chi connectivity index (χ4n) is 1.95. The third-order valence-electron chi connectivity index (χ3n) is 3.00. The molecule has 0 fully saturated rings. The Morgan fingerprint density at radius 2 is 1.81 bits per heavy atom. The zero-order valence-corrected chi connectivity index (χ0v) is 10.6. The lowest BCUT2D eigenvalue weighted by Gasteiger charge is -2.03. The van der Waals surface area contributed by atoms with E-state index in [1.807, 2.05) is 0 Å². The third kappa shape index (κ3) is 2.10. The van der Waals surface area contributed by atoms with Crippen molar-refractivity contribution in [2.75, 3.05) is 0 Å². The van der Waals surface area contributed by atoms with Crippen LogP contribution in [0.4, 0.5) is 0 Å². The van der Waals surface area contributed by atoms with Crippen LogP contribution in [0.1, 0.15) is 16.1 Å². The van der Waals surface area contributed by atoms with E-state index < -0.39 is 11.2 Å². The van der Waals surface area contributed by atoms with Gasteiger partial charge in [0.25, 0.3) is 5.56 Å². The predicted molar refractivity (Wildman–Crippen MR) is 73.7 cm³/mol. The molecule has 0 saturated carbocycles. The number of carbonyl (C=O) groups excluding carboxylic acids is 1. The topological polar surface area (TPSA) is 105 Å². The summed E-state index contributed by atoms with van der Waals surface area (Å²) in [6, 6.07) is 11.2. The highest BCUT2D eigenvalue weighted by Crippen LogP contribution is 2.10. The van der Waals surface area contributed by atoms with E-state index in [2.05, 4.69) is 9.97 Å². The Morgan fingerprint density at radius 1 is 1.10 bits per heavy atom. The van der Waals surface area contributed by atoms with Crippen molar-refractivity contribution in [3.63, 3.8) is 0 Å². The molecular formula is C14H9N3O4. The zero-order chi connectivity index (χ0) is 15.0. The second-order valence-corrected chi connectivity index (χ2v) is 4.33. The fourth-order valence-corrected chi connectivity index (χ4v) is 1.95. The van der Waals surface area contributed by atoms with Crippen LogP contribution >= 0.6 is 0 Å². The molecule has 0 aliphatic carbocycles. The highest BCUT2D eigenvalue weighted by molar-refractivity contribution is 6.08. The Kier molecular flexibility index (Phi) is 2.87. The molecule has 7 heteroatoms. The number of rotatable bonds is 2. The van der Waals surface area contributed by atoms with E-state index in [9.17, 15) is 19.6 Å². The van der Waals surface area contributed by atoms with Gasteiger partial charge in [-0.15, -0.1) is 0 Å². The maximum atomic E-state index is 12.2. The van der Waals surface area contributed by atoms with Crippen molar-refractivity contribution in [1.82, 2.24) is 14.7 Å². The van der Waals surface area contributed by atoms with Crippen LogP contribution in [-0.2, 0) is 0 Å². The minimum atomic E-state index is -1.01. The van der Waals surface area contributed by atoms with E-state index in [0.29, 0.717) is 5.56 Å². The Morgan fingerprint density at radius 3 is 2.52 bits per heavy atom. The van der Waals surface area contributed by atoms with Gasteiger partial charge in [-0.2, -0.15) is 0 Å². The molecule has 0 bridgehead atoms. The van der Waals surface area contributed by atoms with Gasteiger partial charge in [0.15, 0.2) is 0 Å². The van der Waals surface area contributed by atoms with Gasteiger partial charge < -0.3 is 5.21 Å². The number of ketones is 1. The second-order valence-electron chi connectivity index (χ2n) is 4.33. The molecule has 1 aromatic carbocycles. The summed E-state index contributed by atoms with van der Waals surface area (Å²) in [5.41, 5.74) is -1.40. The maximum absolute atomic E-state index is 12.2. The van der Waals surface area contributed by atoms with E-state index in [0.717, 1.165) is 0 Å². The minimum absolute atomic E-state index is 0.0155. The van der Waals surface area contributed by atoms with E-state index in [4.69, 9.17) is 0 Å². The van der Waals surface area contributed by atoms with Gasteiger partial charge in [-0.1, -0.05) is 35.1 Å². The van der Waals surface area contributed by atoms with Crippen LogP contribution in [-0.4, -0.2) is 25.7 Å².